The van der Waals surface area contributed by atoms with Gasteiger partial charge in [0.25, 0.3) is 0 Å². The molecule has 5 nitrogen and oxygen atoms in total. The molecule has 2 heterocycles. The second-order valence-electron chi connectivity index (χ2n) is 4.41. The number of hydrogen-bond donors (Lipinski definition) is 2. The van der Waals surface area contributed by atoms with Crippen LogP contribution < -0.4 is 10.6 Å². The molecule has 2 aromatic heterocycles. The number of halogens is 1. The summed E-state index contributed by atoms with van der Waals surface area (Å²) >= 11 is 0. The molecule has 0 aliphatic carbocycles. The van der Waals surface area contributed by atoms with Gasteiger partial charge in [0.1, 0.15) is 11.3 Å². The Balaban J connectivity index is 1.62. The lowest BCUT2D eigenvalue weighted by Crippen LogP contribution is -2.28. The molecule has 0 atom stereocenters. The largest absolute Gasteiger partial charge is 0.459 e. The molecule has 2 amide bonds. The Kier molecular flexibility index (Phi) is 3.51. The zero-order valence-electron chi connectivity index (χ0n) is 11.0. The van der Waals surface area contributed by atoms with E-state index in [0.29, 0.717) is 5.76 Å². The van der Waals surface area contributed by atoms with Crippen molar-refractivity contribution in [3.05, 3.63) is 60.4 Å². The van der Waals surface area contributed by atoms with E-state index in [1.165, 1.54) is 12.3 Å². The molecule has 0 fully saturated rings. The number of benzene rings is 1. The first-order chi connectivity index (χ1) is 10.2. The molecule has 0 saturated carbocycles. The van der Waals surface area contributed by atoms with Crippen LogP contribution in [0.5, 0.6) is 0 Å². The van der Waals surface area contributed by atoms with Crippen molar-refractivity contribution in [3.8, 4) is 0 Å². The number of amides is 2. The van der Waals surface area contributed by atoms with Gasteiger partial charge in [0, 0.05) is 11.6 Å². The Bertz CT molecular complexity index is 752. The predicted molar refractivity (Wildman–Crippen MR) is 76.3 cm³/mol. The Morgan fingerprint density at radius 3 is 2.95 bits per heavy atom. The maximum Gasteiger partial charge on any atom is 0.319 e. The first kappa shape index (κ1) is 13.1. The van der Waals surface area contributed by atoms with Gasteiger partial charge in [-0.15, -0.1) is 0 Å². The fourth-order valence-electron chi connectivity index (χ4n) is 1.93. The number of carbonyl (C=O) groups excluding carboxylic acids is 1. The van der Waals surface area contributed by atoms with E-state index in [2.05, 4.69) is 15.6 Å². The Hall–Kier alpha value is -2.89. The fraction of sp³-hybridized carbons (Fsp3) is 0.0667. The molecule has 0 spiro atoms. The zero-order chi connectivity index (χ0) is 14.7. The maximum atomic E-state index is 13.3. The number of rotatable bonds is 3. The van der Waals surface area contributed by atoms with Crippen molar-refractivity contribution >= 4 is 22.7 Å². The minimum atomic E-state index is -0.587. The zero-order valence-corrected chi connectivity index (χ0v) is 11.0. The van der Waals surface area contributed by atoms with Crippen molar-refractivity contribution in [2.75, 3.05) is 5.32 Å². The van der Waals surface area contributed by atoms with Gasteiger partial charge in [-0.1, -0.05) is 18.2 Å². The molecule has 21 heavy (non-hydrogen) atoms. The molecule has 0 aliphatic heterocycles. The smallest absolute Gasteiger partial charge is 0.319 e. The number of furan rings is 1. The predicted octanol–water partition coefficient (Wildman–Crippen LogP) is 3.29. The first-order valence-corrected chi connectivity index (χ1v) is 6.34. The summed E-state index contributed by atoms with van der Waals surface area (Å²) in [7, 11) is 0. The number of anilines is 1. The third-order valence-corrected chi connectivity index (χ3v) is 2.92. The number of aromatic nitrogens is 1. The van der Waals surface area contributed by atoms with Crippen molar-refractivity contribution in [1.82, 2.24) is 10.3 Å². The lowest BCUT2D eigenvalue weighted by molar-refractivity contribution is 0.251. The number of carbonyl (C=O) groups is 1. The Morgan fingerprint density at radius 2 is 2.14 bits per heavy atom. The van der Waals surface area contributed by atoms with Crippen LogP contribution in [0, 0.1) is 5.82 Å². The number of para-hydroxylation sites is 1. The number of pyridine rings is 1. The molecule has 6 heteroatoms. The summed E-state index contributed by atoms with van der Waals surface area (Å²) in [6.07, 6.45) is 2.44. The van der Waals surface area contributed by atoms with Gasteiger partial charge >= 0.3 is 6.03 Å². The van der Waals surface area contributed by atoms with Gasteiger partial charge in [0.05, 0.1) is 18.4 Å². The summed E-state index contributed by atoms with van der Waals surface area (Å²) in [5.41, 5.74) is 0.835. The highest BCUT2D eigenvalue weighted by Gasteiger charge is 2.08. The van der Waals surface area contributed by atoms with E-state index < -0.39 is 11.8 Å². The molecular weight excluding hydrogens is 273 g/mol. The summed E-state index contributed by atoms with van der Waals surface area (Å²) in [5.74, 6) is 0.0398. The van der Waals surface area contributed by atoms with Crippen molar-refractivity contribution in [2.24, 2.45) is 0 Å². The highest BCUT2D eigenvalue weighted by molar-refractivity contribution is 5.89. The first-order valence-electron chi connectivity index (χ1n) is 6.34. The van der Waals surface area contributed by atoms with E-state index in [0.717, 1.165) is 17.2 Å². The van der Waals surface area contributed by atoms with Crippen LogP contribution in [0.25, 0.3) is 11.0 Å². The van der Waals surface area contributed by atoms with Gasteiger partial charge in [-0.05, 0) is 18.2 Å². The van der Waals surface area contributed by atoms with Crippen molar-refractivity contribution in [3.63, 3.8) is 0 Å². The van der Waals surface area contributed by atoms with Gasteiger partial charge < -0.3 is 15.1 Å². The summed E-state index contributed by atoms with van der Waals surface area (Å²) < 4.78 is 18.9. The van der Waals surface area contributed by atoms with E-state index in [1.807, 2.05) is 30.3 Å². The minimum Gasteiger partial charge on any atom is -0.459 e. The van der Waals surface area contributed by atoms with Crippen LogP contribution in [-0.4, -0.2) is 11.0 Å². The number of urea groups is 1. The van der Waals surface area contributed by atoms with E-state index in [1.54, 1.807) is 0 Å². The Labute approximate surface area is 119 Å². The van der Waals surface area contributed by atoms with Crippen molar-refractivity contribution in [1.29, 1.82) is 0 Å². The topological polar surface area (TPSA) is 67.2 Å². The van der Waals surface area contributed by atoms with Crippen molar-refractivity contribution < 1.29 is 13.6 Å². The average molecular weight is 285 g/mol. The second kappa shape index (κ2) is 5.62. The highest BCUT2D eigenvalue weighted by Crippen LogP contribution is 2.18. The molecule has 0 aliphatic rings. The van der Waals surface area contributed by atoms with Crippen LogP contribution >= 0.6 is 0 Å². The lowest BCUT2D eigenvalue weighted by atomic mass is 10.2. The fourth-order valence-corrected chi connectivity index (χ4v) is 1.93. The Morgan fingerprint density at radius 1 is 1.29 bits per heavy atom. The van der Waals surface area contributed by atoms with E-state index in [9.17, 15) is 9.18 Å². The van der Waals surface area contributed by atoms with Crippen LogP contribution in [0.3, 0.4) is 0 Å². The number of nitrogens with one attached hydrogen (secondary N) is 2. The SMILES string of the molecule is O=C(NCc1cc2ccccc2o1)Nc1ccncc1F. The van der Waals surface area contributed by atoms with E-state index in [-0.39, 0.29) is 12.2 Å². The number of hydrogen-bond acceptors (Lipinski definition) is 3. The van der Waals surface area contributed by atoms with Crippen LogP contribution in [0.1, 0.15) is 5.76 Å². The summed E-state index contributed by atoms with van der Waals surface area (Å²) in [6, 6.07) is 10.3. The van der Waals surface area contributed by atoms with Gasteiger partial charge in [0.2, 0.25) is 0 Å². The third-order valence-electron chi connectivity index (χ3n) is 2.92. The molecule has 3 rings (SSSR count). The minimum absolute atomic E-state index is 0.0760. The molecule has 0 unspecified atom stereocenters. The molecule has 0 radical (unpaired) electrons. The molecule has 0 saturated heterocycles. The van der Waals surface area contributed by atoms with Gasteiger partial charge in [0.15, 0.2) is 5.82 Å². The summed E-state index contributed by atoms with van der Waals surface area (Å²) in [5, 5.41) is 5.98. The van der Waals surface area contributed by atoms with Crippen LogP contribution in [0.4, 0.5) is 14.9 Å². The van der Waals surface area contributed by atoms with Crippen LogP contribution in [0.15, 0.2) is 53.2 Å². The monoisotopic (exact) mass is 285 g/mol. The molecule has 2 N–H and O–H groups in total. The summed E-state index contributed by atoms with van der Waals surface area (Å²) in [6.45, 7) is 0.215. The maximum absolute atomic E-state index is 13.3. The summed E-state index contributed by atoms with van der Waals surface area (Å²) in [4.78, 5) is 15.3. The molecule has 106 valence electrons. The van der Waals surface area contributed by atoms with Crippen LogP contribution in [0.2, 0.25) is 0 Å². The van der Waals surface area contributed by atoms with Gasteiger partial charge in [-0.25, -0.2) is 9.18 Å². The second-order valence-corrected chi connectivity index (χ2v) is 4.41. The number of fused-ring (bicyclic) bond motifs is 1. The lowest BCUT2D eigenvalue weighted by Gasteiger charge is -2.06. The third kappa shape index (κ3) is 3.00. The van der Waals surface area contributed by atoms with Crippen LogP contribution in [-0.2, 0) is 6.54 Å². The van der Waals surface area contributed by atoms with Crippen molar-refractivity contribution in [2.45, 2.75) is 6.54 Å². The number of nitrogens with zero attached hydrogens (tertiary/aromatic N) is 1. The standard InChI is InChI=1S/C15H12FN3O2/c16-12-9-17-6-5-13(12)19-15(20)18-8-11-7-10-3-1-2-4-14(10)21-11/h1-7,9H,8H2,(H2,17,18,19,20). The van der Waals surface area contributed by atoms with E-state index >= 15 is 0 Å². The van der Waals surface area contributed by atoms with E-state index in [4.69, 9.17) is 4.42 Å². The molecule has 3 aromatic rings. The normalized spacial score (nSPS) is 10.5. The highest BCUT2D eigenvalue weighted by atomic mass is 19.1. The van der Waals surface area contributed by atoms with Gasteiger partial charge in [-0.2, -0.15) is 0 Å². The molecule has 0 bridgehead atoms. The molecular formula is C15H12FN3O2. The van der Waals surface area contributed by atoms with Gasteiger partial charge in [-0.3, -0.25) is 4.98 Å². The quantitative estimate of drug-likeness (QED) is 0.776. The molecule has 1 aromatic carbocycles. The average Bonchev–Trinajstić information content (AvgIpc) is 2.90.